The number of ether oxygens (including phenoxy) is 2. The fourth-order valence-corrected chi connectivity index (χ4v) is 1.06. The monoisotopic (exact) mass is 211 g/mol. The number of hydrogen-bond acceptors (Lipinski definition) is 5. The molecule has 0 bridgehead atoms. The van der Waals surface area contributed by atoms with Crippen LogP contribution in [0.15, 0.2) is 12.4 Å². The third kappa shape index (κ3) is 2.04. The van der Waals surface area contributed by atoms with Gasteiger partial charge in [-0.1, -0.05) is 0 Å². The van der Waals surface area contributed by atoms with Crippen LogP contribution in [0, 0.1) is 0 Å². The van der Waals surface area contributed by atoms with Crippen molar-refractivity contribution < 1.29 is 24.2 Å². The highest BCUT2D eigenvalue weighted by atomic mass is 16.5. The Kier molecular flexibility index (Phi) is 3.22. The Bertz CT molecular complexity index is 379. The van der Waals surface area contributed by atoms with Gasteiger partial charge in [-0.3, -0.25) is 9.78 Å². The highest BCUT2D eigenvalue weighted by Gasteiger charge is 2.24. The zero-order valence-electron chi connectivity index (χ0n) is 8.18. The summed E-state index contributed by atoms with van der Waals surface area (Å²) in [7, 11) is 2.63. The molecule has 0 aromatic carbocycles. The van der Waals surface area contributed by atoms with Gasteiger partial charge in [-0.2, -0.15) is 0 Å². The molecule has 80 valence electrons. The van der Waals surface area contributed by atoms with E-state index in [2.05, 4.69) is 4.98 Å². The van der Waals surface area contributed by atoms with Crippen molar-refractivity contribution in [2.75, 3.05) is 14.2 Å². The number of Topliss-reactive ketones (excluding diaryl/α,β-unsaturated/α-hetero) is 1. The first-order valence-corrected chi connectivity index (χ1v) is 3.95. The number of carbonyl (C=O) groups is 2. The Labute approximate surface area is 85.5 Å². The van der Waals surface area contributed by atoms with Gasteiger partial charge in [0.05, 0.1) is 26.6 Å². The zero-order chi connectivity index (χ0) is 11.4. The molecule has 6 heteroatoms. The second-order valence-electron chi connectivity index (χ2n) is 2.55. The van der Waals surface area contributed by atoms with E-state index in [1.807, 2.05) is 0 Å². The van der Waals surface area contributed by atoms with E-state index >= 15 is 0 Å². The second-order valence-corrected chi connectivity index (χ2v) is 2.55. The standard InChI is InChI=1S/C9H9NO5/c1-14-5-3-10-4-6(15-2)7(5)8(11)9(12)13/h3-4H,1-2H3,(H,12,13). The summed E-state index contributed by atoms with van der Waals surface area (Å²) in [5.74, 6) is -2.52. The van der Waals surface area contributed by atoms with Crippen LogP contribution in [0.1, 0.15) is 10.4 Å². The first-order chi connectivity index (χ1) is 7.11. The van der Waals surface area contributed by atoms with Crippen molar-refractivity contribution in [2.45, 2.75) is 0 Å². The van der Waals surface area contributed by atoms with E-state index in [0.717, 1.165) is 0 Å². The SMILES string of the molecule is COc1cncc(OC)c1C(=O)C(=O)O. The number of ketones is 1. The molecule has 1 N–H and O–H groups in total. The average molecular weight is 211 g/mol. The predicted octanol–water partition coefficient (Wildman–Crippen LogP) is 0.366. The maximum Gasteiger partial charge on any atom is 0.377 e. The van der Waals surface area contributed by atoms with E-state index in [1.54, 1.807) is 0 Å². The van der Waals surface area contributed by atoms with Crippen molar-refractivity contribution >= 4 is 11.8 Å². The summed E-state index contributed by atoms with van der Waals surface area (Å²) in [6.45, 7) is 0. The number of aromatic nitrogens is 1. The lowest BCUT2D eigenvalue weighted by Gasteiger charge is -2.08. The summed E-state index contributed by atoms with van der Waals surface area (Å²) in [6.07, 6.45) is 2.50. The molecule has 1 heterocycles. The van der Waals surface area contributed by atoms with Crippen LogP contribution >= 0.6 is 0 Å². The van der Waals surface area contributed by atoms with E-state index in [-0.39, 0.29) is 17.1 Å². The largest absolute Gasteiger partial charge is 0.494 e. The van der Waals surface area contributed by atoms with Crippen LogP contribution in [0.25, 0.3) is 0 Å². The molecule has 0 saturated carbocycles. The van der Waals surface area contributed by atoms with Crippen LogP contribution < -0.4 is 9.47 Å². The molecule has 0 saturated heterocycles. The summed E-state index contributed by atoms with van der Waals surface area (Å²) < 4.78 is 9.66. The van der Waals surface area contributed by atoms with E-state index in [1.165, 1.54) is 26.6 Å². The van der Waals surface area contributed by atoms with Crippen LogP contribution in [-0.2, 0) is 4.79 Å². The molecule has 0 aliphatic heterocycles. The lowest BCUT2D eigenvalue weighted by atomic mass is 10.1. The molecule has 0 aliphatic carbocycles. The molecule has 0 atom stereocenters. The Morgan fingerprint density at radius 1 is 1.20 bits per heavy atom. The van der Waals surface area contributed by atoms with E-state index in [0.29, 0.717) is 0 Å². The van der Waals surface area contributed by atoms with Crippen molar-refractivity contribution in [3.05, 3.63) is 18.0 Å². The lowest BCUT2D eigenvalue weighted by Crippen LogP contribution is -2.15. The molecule has 0 fully saturated rings. The van der Waals surface area contributed by atoms with Gasteiger partial charge in [0.2, 0.25) is 0 Å². The molecule has 6 nitrogen and oxygen atoms in total. The minimum absolute atomic E-state index is 0.0711. The minimum atomic E-state index is -1.57. The number of aliphatic carboxylic acids is 1. The number of methoxy groups -OCH3 is 2. The normalized spacial score (nSPS) is 9.47. The van der Waals surface area contributed by atoms with Crippen molar-refractivity contribution in [1.82, 2.24) is 4.98 Å². The topological polar surface area (TPSA) is 85.7 Å². The first kappa shape index (κ1) is 11.0. The summed E-state index contributed by atoms with van der Waals surface area (Å²) in [4.78, 5) is 25.6. The molecule has 0 spiro atoms. The van der Waals surface area contributed by atoms with Gasteiger partial charge in [0, 0.05) is 0 Å². The molecule has 1 rings (SSSR count). The maximum absolute atomic E-state index is 11.3. The molecular formula is C9H9NO5. The molecule has 0 radical (unpaired) electrons. The van der Waals surface area contributed by atoms with Gasteiger partial charge in [0.25, 0.3) is 5.78 Å². The molecule has 1 aromatic heterocycles. The molecule has 0 amide bonds. The van der Waals surface area contributed by atoms with E-state index < -0.39 is 11.8 Å². The quantitative estimate of drug-likeness (QED) is 0.571. The number of carboxylic acids is 1. The van der Waals surface area contributed by atoms with Crippen molar-refractivity contribution in [3.63, 3.8) is 0 Å². The Balaban J connectivity index is 3.34. The Hall–Kier alpha value is -2.11. The number of carbonyl (C=O) groups excluding carboxylic acids is 1. The van der Waals surface area contributed by atoms with Gasteiger partial charge in [-0.05, 0) is 0 Å². The number of carboxylic acid groups (broad SMARTS) is 1. The van der Waals surface area contributed by atoms with Crippen LogP contribution in [0.3, 0.4) is 0 Å². The van der Waals surface area contributed by atoms with Crippen molar-refractivity contribution in [3.8, 4) is 11.5 Å². The number of nitrogens with zero attached hydrogens (tertiary/aromatic N) is 1. The van der Waals surface area contributed by atoms with Crippen molar-refractivity contribution in [1.29, 1.82) is 0 Å². The lowest BCUT2D eigenvalue weighted by molar-refractivity contribution is -0.131. The van der Waals surface area contributed by atoms with Gasteiger partial charge in [-0.15, -0.1) is 0 Å². The summed E-state index contributed by atoms with van der Waals surface area (Å²) >= 11 is 0. The summed E-state index contributed by atoms with van der Waals surface area (Å²) in [5.41, 5.74) is -0.137. The Morgan fingerprint density at radius 2 is 1.67 bits per heavy atom. The zero-order valence-corrected chi connectivity index (χ0v) is 8.18. The predicted molar refractivity (Wildman–Crippen MR) is 49.3 cm³/mol. The number of rotatable bonds is 4. The molecular weight excluding hydrogens is 202 g/mol. The minimum Gasteiger partial charge on any atom is -0.494 e. The molecule has 1 aromatic rings. The third-order valence-corrected chi connectivity index (χ3v) is 1.74. The highest BCUT2D eigenvalue weighted by Crippen LogP contribution is 2.27. The Morgan fingerprint density at radius 3 is 2.00 bits per heavy atom. The molecule has 0 unspecified atom stereocenters. The fraction of sp³-hybridized carbons (Fsp3) is 0.222. The first-order valence-electron chi connectivity index (χ1n) is 3.95. The van der Waals surface area contributed by atoms with Gasteiger partial charge < -0.3 is 14.6 Å². The third-order valence-electron chi connectivity index (χ3n) is 1.74. The number of hydrogen-bond donors (Lipinski definition) is 1. The van der Waals surface area contributed by atoms with Crippen LogP contribution in [-0.4, -0.2) is 36.1 Å². The highest BCUT2D eigenvalue weighted by molar-refractivity contribution is 6.41. The van der Waals surface area contributed by atoms with Crippen LogP contribution in [0.2, 0.25) is 0 Å². The van der Waals surface area contributed by atoms with E-state index in [4.69, 9.17) is 14.6 Å². The van der Waals surface area contributed by atoms with Gasteiger partial charge in [0.15, 0.2) is 11.5 Å². The smallest absolute Gasteiger partial charge is 0.377 e. The fourth-order valence-electron chi connectivity index (χ4n) is 1.06. The summed E-state index contributed by atoms with van der Waals surface area (Å²) in [6, 6.07) is 0. The van der Waals surface area contributed by atoms with Crippen LogP contribution in [0.5, 0.6) is 11.5 Å². The summed E-state index contributed by atoms with van der Waals surface area (Å²) in [5, 5.41) is 8.59. The number of pyridine rings is 1. The van der Waals surface area contributed by atoms with Crippen molar-refractivity contribution in [2.24, 2.45) is 0 Å². The van der Waals surface area contributed by atoms with Gasteiger partial charge in [0.1, 0.15) is 5.56 Å². The maximum atomic E-state index is 11.3. The molecule has 0 aliphatic rings. The average Bonchev–Trinajstić information content (AvgIpc) is 2.26. The van der Waals surface area contributed by atoms with Gasteiger partial charge >= 0.3 is 5.97 Å². The second kappa shape index (κ2) is 4.41. The van der Waals surface area contributed by atoms with E-state index in [9.17, 15) is 9.59 Å². The van der Waals surface area contributed by atoms with Gasteiger partial charge in [-0.25, -0.2) is 4.79 Å². The molecule has 15 heavy (non-hydrogen) atoms. The van der Waals surface area contributed by atoms with Crippen LogP contribution in [0.4, 0.5) is 0 Å².